The van der Waals surface area contributed by atoms with Crippen molar-refractivity contribution in [3.05, 3.63) is 29.8 Å². The summed E-state index contributed by atoms with van der Waals surface area (Å²) in [6.07, 6.45) is 0.0275. The summed E-state index contributed by atoms with van der Waals surface area (Å²) in [6.45, 7) is 6.16. The first-order chi connectivity index (χ1) is 14.5. The molecule has 0 saturated carbocycles. The van der Waals surface area contributed by atoms with Gasteiger partial charge >= 0.3 is 6.09 Å². The molecule has 162 valence electrons. The predicted octanol–water partition coefficient (Wildman–Crippen LogP) is 1.58. The summed E-state index contributed by atoms with van der Waals surface area (Å²) in [5.74, 6) is 1.51. The van der Waals surface area contributed by atoms with Crippen LogP contribution in [0.2, 0.25) is 0 Å². The molecule has 0 aromatic heterocycles. The third-order valence-corrected chi connectivity index (χ3v) is 5.68. The quantitative estimate of drug-likeness (QED) is 0.654. The molecule has 3 atom stereocenters. The monoisotopic (exact) mass is 432 g/mol. The molecule has 2 aliphatic heterocycles. The lowest BCUT2D eigenvalue weighted by atomic mass is 9.84. The number of β-amino-alcohol motifs (C(OH)–C–C–N with tert-alkyl or cyclic N) is 1. The first kappa shape index (κ1) is 22.3. The number of ether oxygens (including phenoxy) is 2. The second-order valence-corrected chi connectivity index (χ2v) is 8.23. The minimum absolute atomic E-state index is 0.206. The lowest BCUT2D eigenvalue weighted by Crippen LogP contribution is -2.57. The van der Waals surface area contributed by atoms with Crippen molar-refractivity contribution in [3.63, 3.8) is 0 Å². The first-order valence-electron chi connectivity index (χ1n) is 10.2. The molecule has 0 spiro atoms. The molecule has 0 aliphatic carbocycles. The third-order valence-electron chi connectivity index (χ3n) is 5.32. The second-order valence-electron chi connectivity index (χ2n) is 7.84. The predicted molar refractivity (Wildman–Crippen MR) is 115 cm³/mol. The molecule has 3 rings (SSSR count). The van der Waals surface area contributed by atoms with Crippen LogP contribution in [0.25, 0.3) is 0 Å². The number of nitrogens with one attached hydrogen (secondary N) is 1. The number of nitrogens with zero attached hydrogens (tertiary/aromatic N) is 3. The number of aliphatic hydroxyl groups is 1. The van der Waals surface area contributed by atoms with E-state index in [0.29, 0.717) is 41.4 Å². The Kier molecular flexibility index (Phi) is 7.85. The fraction of sp³-hybridized carbons (Fsp3) is 0.571. The molecule has 0 radical (unpaired) electrons. The van der Waals surface area contributed by atoms with Gasteiger partial charge in [0.25, 0.3) is 0 Å². The third kappa shape index (κ3) is 6.29. The van der Waals surface area contributed by atoms with E-state index in [1.54, 1.807) is 31.2 Å². The summed E-state index contributed by atoms with van der Waals surface area (Å²) in [6, 6.07) is 8.93. The van der Waals surface area contributed by atoms with E-state index < -0.39 is 12.2 Å². The number of carbonyl (C=O) groups is 1. The maximum Gasteiger partial charge on any atom is 0.413 e. The fourth-order valence-electron chi connectivity index (χ4n) is 4.21. The van der Waals surface area contributed by atoms with Crippen LogP contribution in [-0.2, 0) is 4.74 Å². The van der Waals surface area contributed by atoms with Crippen molar-refractivity contribution in [1.29, 1.82) is 5.26 Å². The summed E-state index contributed by atoms with van der Waals surface area (Å²) in [5, 5.41) is 22.3. The largest absolute Gasteiger partial charge is 0.491 e. The molecule has 8 nitrogen and oxygen atoms in total. The van der Waals surface area contributed by atoms with Gasteiger partial charge in [-0.15, -0.1) is 0 Å². The van der Waals surface area contributed by atoms with Crippen LogP contribution in [0.1, 0.15) is 18.9 Å². The number of hydrogen-bond acceptors (Lipinski definition) is 7. The summed E-state index contributed by atoms with van der Waals surface area (Å²) >= 11 is 5.36. The molecule has 9 heteroatoms. The van der Waals surface area contributed by atoms with Gasteiger partial charge in [-0.1, -0.05) is 0 Å². The highest BCUT2D eigenvalue weighted by Gasteiger charge is 2.35. The van der Waals surface area contributed by atoms with Crippen LogP contribution in [0, 0.1) is 23.2 Å². The molecule has 2 N–H and O–H groups in total. The van der Waals surface area contributed by atoms with Crippen LogP contribution in [0.5, 0.6) is 5.75 Å². The number of fused-ring (bicyclic) bond motifs is 2. The van der Waals surface area contributed by atoms with E-state index in [1.807, 2.05) is 4.90 Å². The molecular weight excluding hydrogens is 404 g/mol. The minimum atomic E-state index is -0.595. The SMILES string of the molecule is CCOC(=O)NC(=S)N1CC2CC(CN(CC(O)COc3ccc(C#N)cc3)C2)C1. The Balaban J connectivity index is 1.43. The summed E-state index contributed by atoms with van der Waals surface area (Å²) < 4.78 is 10.5. The number of carbonyl (C=O) groups excluding carboxylic acids is 1. The van der Waals surface area contributed by atoms with Crippen molar-refractivity contribution in [2.75, 3.05) is 45.9 Å². The molecule has 1 amide bonds. The molecule has 2 bridgehead atoms. The standard InChI is InChI=1S/C21H28N4O4S/c1-2-28-21(27)23-20(30)25-11-16-7-17(12-25)10-24(9-16)13-18(26)14-29-19-5-3-15(8-22)4-6-19/h3-6,16-18,26H,2,7,9-14H2,1H3,(H,23,27,30). The average Bonchev–Trinajstić information content (AvgIpc) is 2.72. The first-order valence-corrected chi connectivity index (χ1v) is 10.6. The number of likely N-dealkylation sites (tertiary alicyclic amines) is 2. The van der Waals surface area contributed by atoms with Gasteiger partial charge in [-0.05, 0) is 61.7 Å². The van der Waals surface area contributed by atoms with E-state index in [2.05, 4.69) is 16.3 Å². The van der Waals surface area contributed by atoms with E-state index in [4.69, 9.17) is 27.0 Å². The topological polar surface area (TPSA) is 98.1 Å². The molecule has 2 fully saturated rings. The normalized spacial score (nSPS) is 22.0. The van der Waals surface area contributed by atoms with Crippen molar-refractivity contribution in [2.45, 2.75) is 19.4 Å². The van der Waals surface area contributed by atoms with Gasteiger partial charge in [-0.25, -0.2) is 4.79 Å². The van der Waals surface area contributed by atoms with Crippen LogP contribution in [0.4, 0.5) is 4.79 Å². The Morgan fingerprint density at radius 1 is 1.30 bits per heavy atom. The van der Waals surface area contributed by atoms with Gasteiger partial charge in [0.2, 0.25) is 0 Å². The van der Waals surface area contributed by atoms with Gasteiger partial charge in [0, 0.05) is 32.7 Å². The van der Waals surface area contributed by atoms with Gasteiger partial charge in [-0.3, -0.25) is 10.2 Å². The number of rotatable bonds is 6. The van der Waals surface area contributed by atoms with Gasteiger partial charge in [0.05, 0.1) is 18.2 Å². The smallest absolute Gasteiger partial charge is 0.413 e. The zero-order valence-electron chi connectivity index (χ0n) is 17.1. The number of thiocarbonyl (C=S) groups is 1. The molecule has 2 aliphatic rings. The highest BCUT2D eigenvalue weighted by molar-refractivity contribution is 7.80. The summed E-state index contributed by atoms with van der Waals surface area (Å²) in [7, 11) is 0. The summed E-state index contributed by atoms with van der Waals surface area (Å²) in [5.41, 5.74) is 0.578. The lowest BCUT2D eigenvalue weighted by molar-refractivity contribution is 0.0144. The highest BCUT2D eigenvalue weighted by Crippen LogP contribution is 2.28. The van der Waals surface area contributed by atoms with E-state index in [-0.39, 0.29) is 6.61 Å². The van der Waals surface area contributed by atoms with Gasteiger partial charge < -0.3 is 19.5 Å². The number of aliphatic hydroxyl groups excluding tert-OH is 1. The van der Waals surface area contributed by atoms with Crippen molar-refractivity contribution in [3.8, 4) is 11.8 Å². The molecule has 1 aromatic carbocycles. The number of benzene rings is 1. The van der Waals surface area contributed by atoms with Crippen LogP contribution >= 0.6 is 12.2 Å². The number of amides is 1. The Morgan fingerprint density at radius 3 is 2.57 bits per heavy atom. The molecule has 2 heterocycles. The number of nitriles is 1. The zero-order chi connectivity index (χ0) is 21.5. The Hall–Kier alpha value is -2.41. The van der Waals surface area contributed by atoms with Gasteiger partial charge in [0.1, 0.15) is 18.5 Å². The number of hydrogen-bond donors (Lipinski definition) is 2. The lowest BCUT2D eigenvalue weighted by Gasteiger charge is -2.46. The summed E-state index contributed by atoms with van der Waals surface area (Å²) in [4.78, 5) is 15.9. The molecule has 3 unspecified atom stereocenters. The highest BCUT2D eigenvalue weighted by atomic mass is 32.1. The van der Waals surface area contributed by atoms with Gasteiger partial charge in [0.15, 0.2) is 5.11 Å². The maximum absolute atomic E-state index is 11.6. The zero-order valence-corrected chi connectivity index (χ0v) is 17.9. The maximum atomic E-state index is 11.6. The minimum Gasteiger partial charge on any atom is -0.491 e. The van der Waals surface area contributed by atoms with Crippen molar-refractivity contribution < 1.29 is 19.4 Å². The molecule has 1 aromatic rings. The van der Waals surface area contributed by atoms with Crippen LogP contribution in [0.15, 0.2) is 24.3 Å². The van der Waals surface area contributed by atoms with Crippen molar-refractivity contribution in [2.24, 2.45) is 11.8 Å². The van der Waals surface area contributed by atoms with E-state index in [0.717, 1.165) is 32.6 Å². The van der Waals surface area contributed by atoms with Crippen molar-refractivity contribution in [1.82, 2.24) is 15.1 Å². The number of piperidine rings is 2. The van der Waals surface area contributed by atoms with Crippen molar-refractivity contribution >= 4 is 23.4 Å². The Labute approximate surface area is 182 Å². The second kappa shape index (κ2) is 10.6. The molecule has 2 saturated heterocycles. The number of alkyl carbamates (subject to hydrolysis) is 1. The van der Waals surface area contributed by atoms with Crippen LogP contribution in [-0.4, -0.2) is 78.2 Å². The Bertz CT molecular complexity index is 768. The van der Waals surface area contributed by atoms with Crippen LogP contribution < -0.4 is 10.1 Å². The average molecular weight is 433 g/mol. The molecular formula is C21H28N4O4S. The fourth-order valence-corrected chi connectivity index (χ4v) is 4.44. The molecule has 30 heavy (non-hydrogen) atoms. The van der Waals surface area contributed by atoms with Crippen LogP contribution in [0.3, 0.4) is 0 Å². The van der Waals surface area contributed by atoms with E-state index >= 15 is 0 Å². The Morgan fingerprint density at radius 2 is 1.97 bits per heavy atom. The van der Waals surface area contributed by atoms with E-state index in [1.165, 1.54) is 0 Å². The van der Waals surface area contributed by atoms with Gasteiger partial charge in [-0.2, -0.15) is 5.26 Å². The van der Waals surface area contributed by atoms with E-state index in [9.17, 15) is 9.90 Å².